The van der Waals surface area contributed by atoms with E-state index < -0.39 is 29.1 Å². The van der Waals surface area contributed by atoms with Crippen LogP contribution in [0.3, 0.4) is 0 Å². The Hall–Kier alpha value is -2.10. The maximum atomic E-state index is 12.5. The van der Waals surface area contributed by atoms with E-state index >= 15 is 0 Å². The first-order valence-corrected chi connectivity index (χ1v) is 8.64. The van der Waals surface area contributed by atoms with Gasteiger partial charge < -0.3 is 15.6 Å². The van der Waals surface area contributed by atoms with Crippen molar-refractivity contribution in [2.45, 2.75) is 24.6 Å². The predicted octanol–water partition coefficient (Wildman–Crippen LogP) is 1.06. The summed E-state index contributed by atoms with van der Waals surface area (Å²) in [6.45, 7) is 1.89. The molecule has 1 aliphatic rings. The maximum absolute atomic E-state index is 12.5. The second-order valence-electron chi connectivity index (χ2n) is 5.30. The molecule has 10 heteroatoms. The van der Waals surface area contributed by atoms with Gasteiger partial charge in [0.15, 0.2) is 0 Å². The highest BCUT2D eigenvalue weighted by atomic mass is 35.5. The predicted molar refractivity (Wildman–Crippen MR) is 98.6 cm³/mol. The highest BCUT2D eigenvalue weighted by molar-refractivity contribution is 8.00. The van der Waals surface area contributed by atoms with Gasteiger partial charge in [0.05, 0.1) is 23.1 Å². The number of amides is 2. The number of benzene rings is 1. The van der Waals surface area contributed by atoms with Crippen LogP contribution >= 0.6 is 24.2 Å². The average Bonchev–Trinajstić information content (AvgIpc) is 2.86. The molecule has 1 fully saturated rings. The number of ether oxygens (including phenoxy) is 1. The SMILES string of the molecule is CCOC(=O)C(N)CSC1CC(=O)N(c2ccc(C(=O)O)cc2)C1=O.Cl. The second kappa shape index (κ2) is 9.56. The Morgan fingerprint density at radius 1 is 1.35 bits per heavy atom. The molecule has 1 aromatic rings. The number of nitrogens with two attached hydrogens (primary N) is 1. The van der Waals surface area contributed by atoms with Gasteiger partial charge in [0, 0.05) is 12.2 Å². The molecule has 1 aliphatic heterocycles. The zero-order valence-corrected chi connectivity index (χ0v) is 15.5. The third-order valence-electron chi connectivity index (χ3n) is 3.54. The van der Waals surface area contributed by atoms with Gasteiger partial charge in [-0.3, -0.25) is 14.4 Å². The molecule has 0 radical (unpaired) electrons. The fourth-order valence-electron chi connectivity index (χ4n) is 2.30. The molecule has 2 unspecified atom stereocenters. The molecule has 0 aliphatic carbocycles. The molecule has 8 nitrogen and oxygen atoms in total. The second-order valence-corrected chi connectivity index (χ2v) is 6.54. The summed E-state index contributed by atoms with van der Waals surface area (Å²) in [6, 6.07) is 4.62. The monoisotopic (exact) mass is 402 g/mol. The minimum absolute atomic E-state index is 0. The van der Waals surface area contributed by atoms with Crippen LogP contribution in [0, 0.1) is 0 Å². The Morgan fingerprint density at radius 3 is 2.50 bits per heavy atom. The lowest BCUT2D eigenvalue weighted by Crippen LogP contribution is -2.36. The van der Waals surface area contributed by atoms with Gasteiger partial charge in [-0.1, -0.05) is 0 Å². The van der Waals surface area contributed by atoms with E-state index in [9.17, 15) is 19.2 Å². The lowest BCUT2D eigenvalue weighted by Gasteiger charge is -2.16. The third kappa shape index (κ3) is 4.96. The van der Waals surface area contributed by atoms with E-state index in [1.54, 1.807) is 6.92 Å². The molecular weight excluding hydrogens is 384 g/mol. The number of halogens is 1. The molecule has 0 spiro atoms. The summed E-state index contributed by atoms with van der Waals surface area (Å²) in [5, 5.41) is 8.26. The molecule has 0 bridgehead atoms. The van der Waals surface area contributed by atoms with Crippen LogP contribution in [0.15, 0.2) is 24.3 Å². The molecule has 142 valence electrons. The molecule has 1 saturated heterocycles. The van der Waals surface area contributed by atoms with Crippen molar-refractivity contribution in [2.75, 3.05) is 17.3 Å². The quantitative estimate of drug-likeness (QED) is 0.512. The molecule has 1 aromatic carbocycles. The van der Waals surface area contributed by atoms with Crippen LogP contribution in [-0.4, -0.2) is 52.5 Å². The molecule has 0 saturated carbocycles. The number of nitrogens with zero attached hydrogens (tertiary/aromatic N) is 1. The lowest BCUT2D eigenvalue weighted by molar-refractivity contribution is -0.144. The first-order valence-electron chi connectivity index (χ1n) is 7.59. The number of rotatable bonds is 7. The first kappa shape index (κ1) is 21.9. The lowest BCUT2D eigenvalue weighted by atomic mass is 10.2. The molecule has 2 amide bonds. The van der Waals surface area contributed by atoms with Gasteiger partial charge >= 0.3 is 11.9 Å². The Labute approximate surface area is 160 Å². The van der Waals surface area contributed by atoms with E-state index in [2.05, 4.69) is 0 Å². The van der Waals surface area contributed by atoms with Gasteiger partial charge in [0.2, 0.25) is 11.8 Å². The van der Waals surface area contributed by atoms with Crippen LogP contribution in [-0.2, 0) is 19.1 Å². The van der Waals surface area contributed by atoms with Crippen LogP contribution in [0.4, 0.5) is 5.69 Å². The van der Waals surface area contributed by atoms with Crippen molar-refractivity contribution in [2.24, 2.45) is 5.73 Å². The van der Waals surface area contributed by atoms with Gasteiger partial charge in [-0.05, 0) is 31.2 Å². The summed E-state index contributed by atoms with van der Waals surface area (Å²) in [6.07, 6.45) is -0.000270. The van der Waals surface area contributed by atoms with Crippen molar-refractivity contribution in [3.63, 3.8) is 0 Å². The summed E-state index contributed by atoms with van der Waals surface area (Å²) in [5.74, 6) is -2.27. The van der Waals surface area contributed by atoms with Crippen molar-refractivity contribution < 1.29 is 29.0 Å². The molecular formula is C16H19ClN2O6S. The van der Waals surface area contributed by atoms with Crippen molar-refractivity contribution in [3.05, 3.63) is 29.8 Å². The van der Waals surface area contributed by atoms with Gasteiger partial charge in [0.25, 0.3) is 0 Å². The topological polar surface area (TPSA) is 127 Å². The van der Waals surface area contributed by atoms with Crippen molar-refractivity contribution in [1.29, 1.82) is 0 Å². The van der Waals surface area contributed by atoms with Crippen LogP contribution < -0.4 is 10.6 Å². The Morgan fingerprint density at radius 2 is 1.96 bits per heavy atom. The van der Waals surface area contributed by atoms with Gasteiger partial charge in [-0.2, -0.15) is 0 Å². The smallest absolute Gasteiger partial charge is 0.335 e. The van der Waals surface area contributed by atoms with Gasteiger partial charge in [-0.15, -0.1) is 24.2 Å². The summed E-state index contributed by atoms with van der Waals surface area (Å²) in [4.78, 5) is 48.0. The van der Waals surface area contributed by atoms with Crippen LogP contribution in [0.1, 0.15) is 23.7 Å². The largest absolute Gasteiger partial charge is 0.478 e. The number of carbonyl (C=O) groups excluding carboxylic acids is 3. The number of thioether (sulfide) groups is 1. The number of carbonyl (C=O) groups is 4. The number of esters is 1. The standard InChI is InChI=1S/C16H18N2O6S.ClH/c1-2-24-16(23)11(17)8-25-12-7-13(19)18(14(12)20)10-5-3-9(4-6-10)15(21)22;/h3-6,11-12H,2,7-8,17H2,1H3,(H,21,22);1H. The molecule has 26 heavy (non-hydrogen) atoms. The maximum Gasteiger partial charge on any atom is 0.335 e. The normalized spacial score (nSPS) is 17.6. The summed E-state index contributed by atoms with van der Waals surface area (Å²) >= 11 is 1.13. The van der Waals surface area contributed by atoms with E-state index in [0.29, 0.717) is 5.69 Å². The number of hydrogen-bond acceptors (Lipinski definition) is 7. The first-order chi connectivity index (χ1) is 11.8. The average molecular weight is 403 g/mol. The third-order valence-corrected chi connectivity index (χ3v) is 4.87. The minimum Gasteiger partial charge on any atom is -0.478 e. The van der Waals surface area contributed by atoms with Gasteiger partial charge in [0.1, 0.15) is 6.04 Å². The zero-order valence-electron chi connectivity index (χ0n) is 13.9. The molecule has 3 N–H and O–H groups in total. The van der Waals surface area contributed by atoms with Crippen molar-refractivity contribution in [3.8, 4) is 0 Å². The van der Waals surface area contributed by atoms with Crippen LogP contribution in [0.5, 0.6) is 0 Å². The van der Waals surface area contributed by atoms with E-state index in [1.807, 2.05) is 0 Å². The number of imide groups is 1. The van der Waals surface area contributed by atoms with E-state index in [4.69, 9.17) is 15.6 Å². The summed E-state index contributed by atoms with van der Waals surface area (Å²) < 4.78 is 4.80. The Bertz CT molecular complexity index is 696. The number of aromatic carboxylic acids is 1. The summed E-state index contributed by atoms with van der Waals surface area (Å²) in [5.41, 5.74) is 6.07. The zero-order chi connectivity index (χ0) is 18.6. The van der Waals surface area contributed by atoms with Crippen LogP contribution in [0.2, 0.25) is 0 Å². The number of anilines is 1. The number of carboxylic acids is 1. The molecule has 2 atom stereocenters. The van der Waals surface area contributed by atoms with E-state index in [0.717, 1.165) is 16.7 Å². The van der Waals surface area contributed by atoms with E-state index in [-0.39, 0.29) is 42.7 Å². The number of hydrogen-bond donors (Lipinski definition) is 2. The Kier molecular flexibility index (Phi) is 8.07. The molecule has 1 heterocycles. The molecule has 2 rings (SSSR count). The van der Waals surface area contributed by atoms with E-state index in [1.165, 1.54) is 24.3 Å². The molecule has 0 aromatic heterocycles. The Balaban J connectivity index is 0.00000338. The van der Waals surface area contributed by atoms with Gasteiger partial charge in [-0.25, -0.2) is 9.69 Å². The minimum atomic E-state index is -1.09. The van der Waals surface area contributed by atoms with Crippen LogP contribution in [0.25, 0.3) is 0 Å². The van der Waals surface area contributed by atoms with Crippen molar-refractivity contribution in [1.82, 2.24) is 0 Å². The fraction of sp³-hybridized carbons (Fsp3) is 0.375. The number of carboxylic acid groups (broad SMARTS) is 1. The highest BCUT2D eigenvalue weighted by Gasteiger charge is 2.40. The fourth-order valence-corrected chi connectivity index (χ4v) is 3.38. The van der Waals surface area contributed by atoms with Crippen molar-refractivity contribution >= 4 is 53.6 Å². The highest BCUT2D eigenvalue weighted by Crippen LogP contribution is 2.30. The summed E-state index contributed by atoms with van der Waals surface area (Å²) in [7, 11) is 0.